The first-order valence-electron chi connectivity index (χ1n) is 11.2. The van der Waals surface area contributed by atoms with Crippen molar-refractivity contribution >= 4 is 40.1 Å². The molecule has 4 N–H and O–H groups in total. The molecule has 1 aliphatic carbocycles. The number of benzene rings is 2. The van der Waals surface area contributed by atoms with Gasteiger partial charge in [0.25, 0.3) is 5.91 Å². The number of hydrogen-bond donors (Lipinski definition) is 3. The first-order valence-corrected chi connectivity index (χ1v) is 11.6. The molecule has 12 heteroatoms. The lowest BCUT2D eigenvalue weighted by atomic mass is 10.1. The van der Waals surface area contributed by atoms with Crippen LogP contribution in [0.15, 0.2) is 30.5 Å². The number of nitrogens with two attached hydrogens (primary N) is 1. The smallest absolute Gasteiger partial charge is 0.319 e. The van der Waals surface area contributed by atoms with Gasteiger partial charge in [-0.3, -0.25) is 9.78 Å². The summed E-state index contributed by atoms with van der Waals surface area (Å²) < 4.78 is 46.7. The van der Waals surface area contributed by atoms with Crippen molar-refractivity contribution in [3.8, 4) is 17.2 Å². The lowest BCUT2D eigenvalue weighted by molar-refractivity contribution is 0.0989. The molecular weight excluding hydrogens is 498 g/mol. The fraction of sp³-hybridized carbons (Fsp3) is 0.292. The van der Waals surface area contributed by atoms with Gasteiger partial charge >= 0.3 is 6.03 Å². The predicted molar refractivity (Wildman–Crippen MR) is 127 cm³/mol. The molecule has 3 amide bonds. The number of aromatic nitrogens is 1. The number of halogens is 3. The standard InChI is InChI=1S/C24H21ClF2N4O5/c25-20-17(31-24(33)30-11-1-2-11)8-15(26)22(21(20)27)36-18-3-5-29-16-9-19(35-12-4-6-34-10-12)14(23(28)32)7-13(16)18/h3,5,7-9,11-12H,1-2,4,6,10H2,(H2,28,32)(H2,30,31,33). The highest BCUT2D eigenvalue weighted by atomic mass is 35.5. The Bertz CT molecular complexity index is 1360. The molecule has 36 heavy (non-hydrogen) atoms. The molecule has 0 radical (unpaired) electrons. The monoisotopic (exact) mass is 518 g/mol. The molecule has 1 unspecified atom stereocenters. The van der Waals surface area contributed by atoms with Gasteiger partial charge in [0.2, 0.25) is 0 Å². The minimum Gasteiger partial charge on any atom is -0.487 e. The lowest BCUT2D eigenvalue weighted by Crippen LogP contribution is -2.30. The van der Waals surface area contributed by atoms with E-state index < -0.39 is 34.3 Å². The highest BCUT2D eigenvalue weighted by Crippen LogP contribution is 2.39. The van der Waals surface area contributed by atoms with Crippen molar-refractivity contribution in [1.82, 2.24) is 10.3 Å². The van der Waals surface area contributed by atoms with Crippen LogP contribution in [0.2, 0.25) is 5.02 Å². The van der Waals surface area contributed by atoms with Crippen LogP contribution in [0.4, 0.5) is 19.3 Å². The highest BCUT2D eigenvalue weighted by molar-refractivity contribution is 6.34. The zero-order valence-electron chi connectivity index (χ0n) is 18.8. The van der Waals surface area contributed by atoms with Crippen LogP contribution in [0.5, 0.6) is 17.2 Å². The number of nitrogens with zero attached hydrogens (tertiary/aromatic N) is 1. The number of pyridine rings is 1. The summed E-state index contributed by atoms with van der Waals surface area (Å²) >= 11 is 6.06. The molecule has 1 saturated carbocycles. The van der Waals surface area contributed by atoms with Gasteiger partial charge in [0.1, 0.15) is 22.6 Å². The Balaban J connectivity index is 1.47. The van der Waals surface area contributed by atoms with Crippen molar-refractivity contribution < 1.29 is 32.6 Å². The lowest BCUT2D eigenvalue weighted by Gasteiger charge is -2.17. The number of ether oxygens (including phenoxy) is 3. The number of rotatable bonds is 7. The summed E-state index contributed by atoms with van der Waals surface area (Å²) in [5.41, 5.74) is 5.70. The Hall–Kier alpha value is -3.70. The van der Waals surface area contributed by atoms with E-state index in [9.17, 15) is 14.0 Å². The van der Waals surface area contributed by atoms with E-state index in [1.165, 1.54) is 24.4 Å². The van der Waals surface area contributed by atoms with Crippen LogP contribution in [-0.4, -0.2) is 42.3 Å². The molecule has 2 aliphatic rings. The maximum atomic E-state index is 15.0. The van der Waals surface area contributed by atoms with Crippen molar-refractivity contribution in [2.45, 2.75) is 31.4 Å². The fourth-order valence-corrected chi connectivity index (χ4v) is 3.94. The second-order valence-electron chi connectivity index (χ2n) is 8.48. The first-order chi connectivity index (χ1) is 17.3. The summed E-state index contributed by atoms with van der Waals surface area (Å²) in [6, 6.07) is 4.56. The number of hydrogen-bond acceptors (Lipinski definition) is 6. The van der Waals surface area contributed by atoms with Gasteiger partial charge in [0.05, 0.1) is 30.0 Å². The Morgan fingerprint density at radius 3 is 2.67 bits per heavy atom. The van der Waals surface area contributed by atoms with E-state index in [1.807, 2.05) is 0 Å². The average Bonchev–Trinajstić information content (AvgIpc) is 3.50. The second-order valence-corrected chi connectivity index (χ2v) is 8.86. The second kappa shape index (κ2) is 9.75. The van der Waals surface area contributed by atoms with Gasteiger partial charge < -0.3 is 30.6 Å². The summed E-state index contributed by atoms with van der Waals surface area (Å²) in [4.78, 5) is 28.3. The van der Waals surface area contributed by atoms with Gasteiger partial charge in [0.15, 0.2) is 17.4 Å². The molecule has 2 fully saturated rings. The first kappa shape index (κ1) is 24.0. The SMILES string of the molecule is NC(=O)c1cc2c(Oc3c(F)cc(NC(=O)NC4CC4)c(Cl)c3F)ccnc2cc1OC1CCOC1. The number of primary amides is 1. The van der Waals surface area contributed by atoms with Crippen LogP contribution in [-0.2, 0) is 4.74 Å². The number of urea groups is 1. The molecule has 2 aromatic carbocycles. The van der Waals surface area contributed by atoms with E-state index in [2.05, 4.69) is 15.6 Å². The Morgan fingerprint density at radius 2 is 1.97 bits per heavy atom. The van der Waals surface area contributed by atoms with Gasteiger partial charge in [-0.1, -0.05) is 11.6 Å². The number of carbonyl (C=O) groups is 2. The Kier molecular flexibility index (Phi) is 6.50. The molecule has 9 nitrogen and oxygen atoms in total. The summed E-state index contributed by atoms with van der Waals surface area (Å²) in [5, 5.41) is 4.72. The van der Waals surface area contributed by atoms with Crippen molar-refractivity contribution in [3.05, 3.63) is 52.7 Å². The van der Waals surface area contributed by atoms with E-state index in [0.717, 1.165) is 18.9 Å². The molecular formula is C24H21ClF2N4O5. The van der Waals surface area contributed by atoms with Crippen molar-refractivity contribution in [2.24, 2.45) is 5.73 Å². The number of anilines is 1. The van der Waals surface area contributed by atoms with Crippen LogP contribution in [0, 0.1) is 11.6 Å². The molecule has 2 heterocycles. The molecule has 1 aromatic heterocycles. The third kappa shape index (κ3) is 4.98. The number of nitrogens with one attached hydrogen (secondary N) is 2. The van der Waals surface area contributed by atoms with Crippen molar-refractivity contribution in [1.29, 1.82) is 0 Å². The van der Waals surface area contributed by atoms with Gasteiger partial charge in [-0.15, -0.1) is 0 Å². The zero-order valence-corrected chi connectivity index (χ0v) is 19.5. The average molecular weight is 519 g/mol. The van der Waals surface area contributed by atoms with Crippen LogP contribution in [0.25, 0.3) is 10.9 Å². The summed E-state index contributed by atoms with van der Waals surface area (Å²) in [7, 11) is 0. The Morgan fingerprint density at radius 1 is 1.17 bits per heavy atom. The Labute approximate surface area is 208 Å². The van der Waals surface area contributed by atoms with Crippen LogP contribution < -0.4 is 25.8 Å². The number of amides is 3. The summed E-state index contributed by atoms with van der Waals surface area (Å²) in [5.74, 6) is -3.64. The van der Waals surface area contributed by atoms with Crippen molar-refractivity contribution in [3.63, 3.8) is 0 Å². The van der Waals surface area contributed by atoms with E-state index in [1.54, 1.807) is 0 Å². The normalized spacial score (nSPS) is 17.1. The molecule has 1 atom stereocenters. The molecule has 0 spiro atoms. The molecule has 1 saturated heterocycles. The predicted octanol–water partition coefficient (Wildman–Crippen LogP) is 4.51. The van der Waals surface area contributed by atoms with E-state index >= 15 is 4.39 Å². The third-order valence-corrected chi connectivity index (χ3v) is 6.11. The van der Waals surface area contributed by atoms with Gasteiger partial charge in [-0.2, -0.15) is 0 Å². The largest absolute Gasteiger partial charge is 0.487 e. The molecule has 188 valence electrons. The molecule has 3 aromatic rings. The van der Waals surface area contributed by atoms with E-state index in [0.29, 0.717) is 25.2 Å². The van der Waals surface area contributed by atoms with E-state index in [-0.39, 0.29) is 40.3 Å². The number of fused-ring (bicyclic) bond motifs is 1. The topological polar surface area (TPSA) is 125 Å². The minimum absolute atomic E-state index is 0.000646. The number of carbonyl (C=O) groups excluding carboxylic acids is 2. The molecule has 5 rings (SSSR count). The maximum absolute atomic E-state index is 15.0. The van der Waals surface area contributed by atoms with Gasteiger partial charge in [-0.05, 0) is 25.0 Å². The van der Waals surface area contributed by atoms with Crippen LogP contribution in [0.1, 0.15) is 29.6 Å². The maximum Gasteiger partial charge on any atom is 0.319 e. The van der Waals surface area contributed by atoms with Crippen molar-refractivity contribution in [2.75, 3.05) is 18.5 Å². The fourth-order valence-electron chi connectivity index (χ4n) is 3.76. The quantitative estimate of drug-likeness (QED) is 0.395. The zero-order chi connectivity index (χ0) is 25.4. The van der Waals surface area contributed by atoms with Crippen LogP contribution >= 0.6 is 11.6 Å². The summed E-state index contributed by atoms with van der Waals surface area (Å²) in [6.45, 7) is 0.915. The minimum atomic E-state index is -1.21. The van der Waals surface area contributed by atoms with Crippen LogP contribution in [0.3, 0.4) is 0 Å². The summed E-state index contributed by atoms with van der Waals surface area (Å²) in [6.07, 6.45) is 3.47. The molecule has 0 bridgehead atoms. The third-order valence-electron chi connectivity index (χ3n) is 5.74. The molecule has 1 aliphatic heterocycles. The van der Waals surface area contributed by atoms with E-state index in [4.69, 9.17) is 31.5 Å². The van der Waals surface area contributed by atoms with Gasteiger partial charge in [0, 0.05) is 36.2 Å². The highest BCUT2D eigenvalue weighted by Gasteiger charge is 2.26. The van der Waals surface area contributed by atoms with Gasteiger partial charge in [-0.25, -0.2) is 13.6 Å².